The third-order valence-corrected chi connectivity index (χ3v) is 2.30. The van der Waals surface area contributed by atoms with Crippen molar-refractivity contribution in [2.45, 2.75) is 20.8 Å². The molecule has 1 aromatic rings. The second kappa shape index (κ2) is 2.94. The number of amides is 1. The number of hydrogen-bond donors (Lipinski definition) is 0. The highest BCUT2D eigenvalue weighted by Crippen LogP contribution is 2.37. The van der Waals surface area contributed by atoms with Crippen molar-refractivity contribution in [3.63, 3.8) is 0 Å². The molecule has 1 heterocycles. The first-order chi connectivity index (χ1) is 6.63. The summed E-state index contributed by atoms with van der Waals surface area (Å²) in [6.07, 6.45) is 1.39. The predicted molar refractivity (Wildman–Crippen MR) is 53.6 cm³/mol. The van der Waals surface area contributed by atoms with Crippen LogP contribution in [0.1, 0.15) is 18.1 Å². The standard InChI is InChI=1S/C11H12NO2/c1-4-12-9-6-7(2)5-8(3)10(9)14-11(12)13/h4-6H,1-3H3/q+1/b12-4+. The van der Waals surface area contributed by atoms with Crippen LogP contribution in [0, 0.1) is 13.8 Å². The number of nitrogens with zero attached hydrogens (tertiary/aromatic N) is 1. The zero-order chi connectivity index (χ0) is 10.3. The Morgan fingerprint density at radius 2 is 2.07 bits per heavy atom. The van der Waals surface area contributed by atoms with Gasteiger partial charge in [-0.1, -0.05) is 10.6 Å². The van der Waals surface area contributed by atoms with E-state index in [0.717, 1.165) is 16.8 Å². The van der Waals surface area contributed by atoms with E-state index in [9.17, 15) is 4.79 Å². The lowest BCUT2D eigenvalue weighted by Gasteiger charge is -1.97. The molecule has 0 atom stereocenters. The zero-order valence-corrected chi connectivity index (χ0v) is 8.50. The molecule has 14 heavy (non-hydrogen) atoms. The predicted octanol–water partition coefficient (Wildman–Crippen LogP) is 2.55. The van der Waals surface area contributed by atoms with Crippen molar-refractivity contribution in [2.24, 2.45) is 0 Å². The van der Waals surface area contributed by atoms with Gasteiger partial charge in [0.25, 0.3) is 5.69 Å². The Hall–Kier alpha value is -1.64. The van der Waals surface area contributed by atoms with Crippen LogP contribution in [0.25, 0.3) is 0 Å². The molecule has 0 saturated carbocycles. The van der Waals surface area contributed by atoms with Crippen molar-refractivity contribution in [1.82, 2.24) is 0 Å². The van der Waals surface area contributed by atoms with E-state index in [1.165, 1.54) is 4.58 Å². The van der Waals surface area contributed by atoms with Crippen LogP contribution in [0.5, 0.6) is 5.75 Å². The van der Waals surface area contributed by atoms with Crippen LogP contribution in [-0.4, -0.2) is 16.9 Å². The minimum absolute atomic E-state index is 0.323. The summed E-state index contributed by atoms with van der Waals surface area (Å²) in [6.45, 7) is 5.76. The van der Waals surface area contributed by atoms with Crippen LogP contribution in [0.4, 0.5) is 10.5 Å². The molecule has 72 valence electrons. The Labute approximate surface area is 82.6 Å². The van der Waals surface area contributed by atoms with Gasteiger partial charge in [-0.3, -0.25) is 0 Å². The maximum absolute atomic E-state index is 11.4. The van der Waals surface area contributed by atoms with Gasteiger partial charge >= 0.3 is 6.09 Å². The summed E-state index contributed by atoms with van der Waals surface area (Å²) in [5, 5.41) is 0. The number of benzene rings is 1. The normalized spacial score (nSPS) is 17.1. The smallest absolute Gasteiger partial charge is 0.365 e. The van der Waals surface area contributed by atoms with Gasteiger partial charge in [0.15, 0.2) is 6.21 Å². The van der Waals surface area contributed by atoms with Crippen LogP contribution < -0.4 is 4.74 Å². The average Bonchev–Trinajstić information content (AvgIpc) is 2.41. The minimum Gasteiger partial charge on any atom is -0.365 e. The van der Waals surface area contributed by atoms with Crippen molar-refractivity contribution in [3.05, 3.63) is 23.3 Å². The maximum atomic E-state index is 11.4. The molecule has 0 saturated heterocycles. The summed E-state index contributed by atoms with van der Waals surface area (Å²) in [7, 11) is 0. The van der Waals surface area contributed by atoms with Gasteiger partial charge in [0.2, 0.25) is 5.75 Å². The first kappa shape index (κ1) is 8.94. The fourth-order valence-electron chi connectivity index (χ4n) is 1.72. The molecule has 0 bridgehead atoms. The van der Waals surface area contributed by atoms with Crippen molar-refractivity contribution in [3.8, 4) is 5.75 Å². The Balaban J connectivity index is 2.71. The molecule has 0 fully saturated rings. The molecule has 0 aromatic heterocycles. The lowest BCUT2D eigenvalue weighted by molar-refractivity contribution is -0.329. The largest absolute Gasteiger partial charge is 0.608 e. The molecule has 3 heteroatoms. The Morgan fingerprint density at radius 1 is 1.36 bits per heavy atom. The maximum Gasteiger partial charge on any atom is 0.608 e. The average molecular weight is 190 g/mol. The Kier molecular flexibility index (Phi) is 1.88. The van der Waals surface area contributed by atoms with E-state index in [0.29, 0.717) is 5.75 Å². The van der Waals surface area contributed by atoms with Crippen LogP contribution in [-0.2, 0) is 0 Å². The molecular formula is C11H12NO2+. The van der Waals surface area contributed by atoms with Crippen LogP contribution in [0.3, 0.4) is 0 Å². The lowest BCUT2D eigenvalue weighted by atomic mass is 10.1. The van der Waals surface area contributed by atoms with Gasteiger partial charge in [-0.25, -0.2) is 0 Å². The third-order valence-electron chi connectivity index (χ3n) is 2.30. The van der Waals surface area contributed by atoms with Crippen molar-refractivity contribution < 1.29 is 14.1 Å². The van der Waals surface area contributed by atoms with Gasteiger partial charge in [-0.15, -0.1) is 0 Å². The van der Waals surface area contributed by atoms with Crippen molar-refractivity contribution in [2.75, 3.05) is 0 Å². The van der Waals surface area contributed by atoms with Crippen LogP contribution in [0.2, 0.25) is 0 Å². The summed E-state index contributed by atoms with van der Waals surface area (Å²) >= 11 is 0. The second-order valence-electron chi connectivity index (χ2n) is 3.43. The summed E-state index contributed by atoms with van der Waals surface area (Å²) in [6, 6.07) is 3.96. The summed E-state index contributed by atoms with van der Waals surface area (Å²) in [5.41, 5.74) is 2.97. The van der Waals surface area contributed by atoms with E-state index < -0.39 is 0 Å². The molecule has 0 radical (unpaired) electrons. The Bertz CT molecular complexity index is 447. The highest BCUT2D eigenvalue weighted by atomic mass is 16.6. The number of aryl methyl sites for hydroxylation is 2. The summed E-state index contributed by atoms with van der Waals surface area (Å²) in [4.78, 5) is 11.4. The Morgan fingerprint density at radius 3 is 2.71 bits per heavy atom. The van der Waals surface area contributed by atoms with Gasteiger partial charge in [-0.05, 0) is 25.0 Å². The van der Waals surface area contributed by atoms with Gasteiger partial charge in [0.05, 0.1) is 0 Å². The van der Waals surface area contributed by atoms with E-state index in [4.69, 9.17) is 4.74 Å². The molecule has 1 aliphatic heterocycles. The first-order valence-electron chi connectivity index (χ1n) is 4.55. The fourth-order valence-corrected chi connectivity index (χ4v) is 1.72. The van der Waals surface area contributed by atoms with E-state index in [-0.39, 0.29) is 6.09 Å². The number of carbonyl (C=O) groups is 1. The number of fused-ring (bicyclic) bond motifs is 1. The zero-order valence-electron chi connectivity index (χ0n) is 8.50. The molecule has 1 aromatic carbocycles. The quantitative estimate of drug-likeness (QED) is 0.588. The number of ether oxygens (including phenoxy) is 1. The van der Waals surface area contributed by atoms with Gasteiger partial charge in [0.1, 0.15) is 0 Å². The number of hydrogen-bond acceptors (Lipinski definition) is 2. The molecule has 0 N–H and O–H groups in total. The topological polar surface area (TPSA) is 29.3 Å². The molecular weight excluding hydrogens is 178 g/mol. The molecule has 3 nitrogen and oxygen atoms in total. The monoisotopic (exact) mass is 190 g/mol. The van der Waals surface area contributed by atoms with Crippen molar-refractivity contribution >= 4 is 18.0 Å². The number of carbonyl (C=O) groups excluding carboxylic acids is 1. The first-order valence-corrected chi connectivity index (χ1v) is 4.55. The second-order valence-corrected chi connectivity index (χ2v) is 3.43. The third kappa shape index (κ3) is 1.13. The fraction of sp³-hybridized carbons (Fsp3) is 0.273. The molecule has 1 aliphatic rings. The van der Waals surface area contributed by atoms with Gasteiger partial charge in [-0.2, -0.15) is 4.79 Å². The molecule has 1 amide bonds. The minimum atomic E-state index is -0.323. The summed E-state index contributed by atoms with van der Waals surface area (Å²) < 4.78 is 6.68. The highest BCUT2D eigenvalue weighted by molar-refractivity contribution is 5.79. The highest BCUT2D eigenvalue weighted by Gasteiger charge is 2.36. The molecule has 0 spiro atoms. The van der Waals surface area contributed by atoms with Crippen LogP contribution in [0.15, 0.2) is 12.1 Å². The summed E-state index contributed by atoms with van der Waals surface area (Å²) in [5.74, 6) is 0.679. The van der Waals surface area contributed by atoms with Crippen molar-refractivity contribution in [1.29, 1.82) is 0 Å². The van der Waals surface area contributed by atoms with E-state index in [1.807, 2.05) is 32.9 Å². The molecule has 0 unspecified atom stereocenters. The van der Waals surface area contributed by atoms with Crippen LogP contribution >= 0.6 is 0 Å². The van der Waals surface area contributed by atoms with Gasteiger partial charge in [0, 0.05) is 13.0 Å². The molecule has 0 aliphatic carbocycles. The SMILES string of the molecule is C/C=[N+]1/C(=O)Oc2c(C)cc(C)cc21. The lowest BCUT2D eigenvalue weighted by Crippen LogP contribution is -2.12. The number of rotatable bonds is 0. The molecule has 2 rings (SSSR count). The van der Waals surface area contributed by atoms with Gasteiger partial charge < -0.3 is 4.74 Å². The van der Waals surface area contributed by atoms with E-state index in [1.54, 1.807) is 6.21 Å². The van der Waals surface area contributed by atoms with E-state index >= 15 is 0 Å². The van der Waals surface area contributed by atoms with E-state index in [2.05, 4.69) is 0 Å².